The summed E-state index contributed by atoms with van der Waals surface area (Å²) in [6, 6.07) is 0. The fourth-order valence-corrected chi connectivity index (χ4v) is 3.55. The van der Waals surface area contributed by atoms with E-state index in [-0.39, 0.29) is 0 Å². The summed E-state index contributed by atoms with van der Waals surface area (Å²) in [5, 5.41) is 3.49. The standard InChI is InChI=1S/C8H16N2S/c1-10-5-6-11-8(10)3-2-4-9-7-8/h9H,2-7H2,1H3. The van der Waals surface area contributed by atoms with Crippen molar-refractivity contribution in [2.75, 3.05) is 32.4 Å². The van der Waals surface area contributed by atoms with Crippen LogP contribution >= 0.6 is 11.8 Å². The molecule has 2 nitrogen and oxygen atoms in total. The van der Waals surface area contributed by atoms with Crippen molar-refractivity contribution in [2.45, 2.75) is 17.7 Å². The maximum atomic E-state index is 3.49. The lowest BCUT2D eigenvalue weighted by Crippen LogP contribution is -2.50. The smallest absolute Gasteiger partial charge is 0.0794 e. The van der Waals surface area contributed by atoms with Crippen molar-refractivity contribution < 1.29 is 0 Å². The van der Waals surface area contributed by atoms with Crippen LogP contribution in [0.1, 0.15) is 12.8 Å². The molecule has 1 atom stereocenters. The molecule has 1 N–H and O–H groups in total. The third-order valence-electron chi connectivity index (χ3n) is 2.82. The number of rotatable bonds is 0. The summed E-state index contributed by atoms with van der Waals surface area (Å²) in [5.41, 5.74) is 0. The van der Waals surface area contributed by atoms with Gasteiger partial charge in [-0.2, -0.15) is 0 Å². The molecule has 0 saturated carbocycles. The highest BCUT2D eigenvalue weighted by Crippen LogP contribution is 2.39. The lowest BCUT2D eigenvalue weighted by molar-refractivity contribution is 0.197. The largest absolute Gasteiger partial charge is 0.314 e. The van der Waals surface area contributed by atoms with E-state index in [1.54, 1.807) is 0 Å². The number of nitrogens with one attached hydrogen (secondary N) is 1. The normalized spacial score (nSPS) is 40.1. The second-order valence-corrected chi connectivity index (χ2v) is 4.95. The van der Waals surface area contributed by atoms with Crippen molar-refractivity contribution in [1.82, 2.24) is 10.2 Å². The number of hydrogen-bond acceptors (Lipinski definition) is 3. The Hall–Kier alpha value is 0.270. The van der Waals surface area contributed by atoms with Gasteiger partial charge in [-0.25, -0.2) is 0 Å². The van der Waals surface area contributed by atoms with Crippen LogP contribution in [-0.2, 0) is 0 Å². The number of hydrogen-bond donors (Lipinski definition) is 1. The molecule has 3 heteroatoms. The summed E-state index contributed by atoms with van der Waals surface area (Å²) in [7, 11) is 2.26. The Kier molecular flexibility index (Phi) is 2.12. The fourth-order valence-electron chi connectivity index (χ4n) is 2.00. The molecule has 0 amide bonds. The van der Waals surface area contributed by atoms with E-state index in [4.69, 9.17) is 0 Å². The third-order valence-corrected chi connectivity index (χ3v) is 4.40. The molecule has 2 aliphatic rings. The Morgan fingerprint density at radius 3 is 3.00 bits per heavy atom. The Morgan fingerprint density at radius 1 is 1.55 bits per heavy atom. The van der Waals surface area contributed by atoms with Crippen molar-refractivity contribution in [3.8, 4) is 0 Å². The van der Waals surface area contributed by atoms with E-state index in [0.717, 1.165) is 0 Å². The summed E-state index contributed by atoms with van der Waals surface area (Å²) in [4.78, 5) is 2.99. The van der Waals surface area contributed by atoms with E-state index in [1.807, 2.05) is 0 Å². The predicted octanol–water partition coefficient (Wildman–Crippen LogP) is 0.745. The van der Waals surface area contributed by atoms with Gasteiger partial charge in [-0.3, -0.25) is 4.90 Å². The van der Waals surface area contributed by atoms with E-state index >= 15 is 0 Å². The zero-order chi connectivity index (χ0) is 7.73. The Labute approximate surface area is 72.7 Å². The van der Waals surface area contributed by atoms with Crippen molar-refractivity contribution in [3.63, 3.8) is 0 Å². The minimum atomic E-state index is 0.470. The van der Waals surface area contributed by atoms with E-state index in [0.29, 0.717) is 4.87 Å². The molecule has 0 aromatic rings. The summed E-state index contributed by atoms with van der Waals surface area (Å²) in [6.07, 6.45) is 2.72. The van der Waals surface area contributed by atoms with Gasteiger partial charge in [-0.1, -0.05) is 0 Å². The lowest BCUT2D eigenvalue weighted by Gasteiger charge is -2.38. The molecular weight excluding hydrogens is 156 g/mol. The molecule has 64 valence electrons. The molecule has 0 aliphatic carbocycles. The molecule has 2 aliphatic heterocycles. The molecule has 2 saturated heterocycles. The van der Waals surface area contributed by atoms with E-state index in [9.17, 15) is 0 Å². The number of nitrogens with zero attached hydrogens (tertiary/aromatic N) is 1. The summed E-state index contributed by atoms with van der Waals surface area (Å²) in [5.74, 6) is 1.32. The van der Waals surface area contributed by atoms with Crippen LogP contribution in [-0.4, -0.2) is 42.2 Å². The van der Waals surface area contributed by atoms with Gasteiger partial charge in [0.2, 0.25) is 0 Å². The molecule has 2 rings (SSSR count). The monoisotopic (exact) mass is 172 g/mol. The van der Waals surface area contributed by atoms with Gasteiger partial charge in [0, 0.05) is 18.8 Å². The molecule has 1 unspecified atom stereocenters. The van der Waals surface area contributed by atoms with Gasteiger partial charge in [-0.05, 0) is 26.4 Å². The molecule has 0 radical (unpaired) electrons. The van der Waals surface area contributed by atoms with Gasteiger partial charge >= 0.3 is 0 Å². The minimum absolute atomic E-state index is 0.470. The Bertz CT molecular complexity index is 143. The third kappa shape index (κ3) is 1.30. The van der Waals surface area contributed by atoms with Crippen LogP contribution in [0.25, 0.3) is 0 Å². The molecule has 0 bridgehead atoms. The first-order chi connectivity index (χ1) is 5.33. The maximum absolute atomic E-state index is 3.49. The number of piperidine rings is 1. The second kappa shape index (κ2) is 2.96. The first-order valence-electron chi connectivity index (χ1n) is 4.39. The van der Waals surface area contributed by atoms with Crippen LogP contribution in [0.2, 0.25) is 0 Å². The quantitative estimate of drug-likeness (QED) is 0.580. The van der Waals surface area contributed by atoms with Gasteiger partial charge in [0.05, 0.1) is 4.87 Å². The zero-order valence-electron chi connectivity index (χ0n) is 7.10. The van der Waals surface area contributed by atoms with E-state index < -0.39 is 0 Å². The highest BCUT2D eigenvalue weighted by Gasteiger charge is 2.39. The molecule has 2 fully saturated rings. The van der Waals surface area contributed by atoms with Crippen LogP contribution in [0.15, 0.2) is 0 Å². The fraction of sp³-hybridized carbons (Fsp3) is 1.00. The molecular formula is C8H16N2S. The van der Waals surface area contributed by atoms with Gasteiger partial charge < -0.3 is 5.32 Å². The predicted molar refractivity (Wildman–Crippen MR) is 49.9 cm³/mol. The molecule has 2 heterocycles. The molecule has 11 heavy (non-hydrogen) atoms. The maximum Gasteiger partial charge on any atom is 0.0794 e. The van der Waals surface area contributed by atoms with E-state index in [2.05, 4.69) is 29.0 Å². The molecule has 0 aromatic carbocycles. The summed E-state index contributed by atoms with van der Waals surface area (Å²) in [6.45, 7) is 3.68. The van der Waals surface area contributed by atoms with Crippen LogP contribution in [0, 0.1) is 0 Å². The van der Waals surface area contributed by atoms with Crippen molar-refractivity contribution in [2.24, 2.45) is 0 Å². The summed E-state index contributed by atoms with van der Waals surface area (Å²) < 4.78 is 0. The van der Waals surface area contributed by atoms with Crippen LogP contribution in [0.3, 0.4) is 0 Å². The van der Waals surface area contributed by atoms with Gasteiger partial charge in [0.1, 0.15) is 0 Å². The van der Waals surface area contributed by atoms with Crippen LogP contribution < -0.4 is 5.32 Å². The van der Waals surface area contributed by atoms with Crippen LogP contribution in [0.4, 0.5) is 0 Å². The molecule has 0 aromatic heterocycles. The zero-order valence-corrected chi connectivity index (χ0v) is 7.91. The topological polar surface area (TPSA) is 15.3 Å². The first kappa shape index (κ1) is 7.90. The highest BCUT2D eigenvalue weighted by molar-refractivity contribution is 8.00. The van der Waals surface area contributed by atoms with Gasteiger partial charge in [0.25, 0.3) is 0 Å². The van der Waals surface area contributed by atoms with Gasteiger partial charge in [-0.15, -0.1) is 11.8 Å². The first-order valence-corrected chi connectivity index (χ1v) is 5.38. The van der Waals surface area contributed by atoms with Crippen molar-refractivity contribution in [1.29, 1.82) is 0 Å². The van der Waals surface area contributed by atoms with Crippen molar-refractivity contribution >= 4 is 11.8 Å². The van der Waals surface area contributed by atoms with Crippen LogP contribution in [0.5, 0.6) is 0 Å². The highest BCUT2D eigenvalue weighted by atomic mass is 32.2. The Balaban J connectivity index is 2.06. The minimum Gasteiger partial charge on any atom is -0.314 e. The SMILES string of the molecule is CN1CCSC12CCCNC2. The average molecular weight is 172 g/mol. The number of likely N-dealkylation sites (N-methyl/N-ethyl adjacent to an activating group) is 1. The molecule has 1 spiro atoms. The van der Waals surface area contributed by atoms with Gasteiger partial charge in [0.15, 0.2) is 0 Å². The van der Waals surface area contributed by atoms with E-state index in [1.165, 1.54) is 38.2 Å². The Morgan fingerprint density at radius 2 is 2.45 bits per heavy atom. The number of thioether (sulfide) groups is 1. The van der Waals surface area contributed by atoms with Crippen molar-refractivity contribution in [3.05, 3.63) is 0 Å². The summed E-state index contributed by atoms with van der Waals surface area (Å²) >= 11 is 2.14. The lowest BCUT2D eigenvalue weighted by atomic mass is 10.1. The second-order valence-electron chi connectivity index (χ2n) is 3.50. The average Bonchev–Trinajstić information content (AvgIpc) is 2.36.